The molecule has 1 atom stereocenters. The van der Waals surface area contributed by atoms with Gasteiger partial charge < -0.3 is 9.32 Å². The predicted molar refractivity (Wildman–Crippen MR) is 87.2 cm³/mol. The molecule has 3 nitrogen and oxygen atoms in total. The first kappa shape index (κ1) is 15.8. The zero-order valence-electron chi connectivity index (χ0n) is 12.6. The number of carbonyl (C=O) groups is 1. The maximum absolute atomic E-state index is 12.8. The molecule has 0 saturated heterocycles. The van der Waals surface area contributed by atoms with E-state index in [0.29, 0.717) is 17.0 Å². The molecule has 4 heteroatoms. The van der Waals surface area contributed by atoms with Gasteiger partial charge in [0.2, 0.25) is 0 Å². The second-order valence-electron chi connectivity index (χ2n) is 5.24. The summed E-state index contributed by atoms with van der Waals surface area (Å²) in [5, 5.41) is 0. The highest BCUT2D eigenvalue weighted by Gasteiger charge is 2.25. The molecule has 0 N–H and O–H groups in total. The Kier molecular flexibility index (Phi) is 5.23. The Morgan fingerprint density at radius 1 is 1.33 bits per heavy atom. The number of aryl methyl sites for hydroxylation is 1. The molecule has 0 aliphatic heterocycles. The molecule has 0 saturated carbocycles. The monoisotopic (exact) mass is 349 g/mol. The van der Waals surface area contributed by atoms with Crippen LogP contribution in [0.3, 0.4) is 0 Å². The van der Waals surface area contributed by atoms with Gasteiger partial charge in [-0.05, 0) is 47.8 Å². The van der Waals surface area contributed by atoms with Crippen LogP contribution in [-0.2, 0) is 6.54 Å². The van der Waals surface area contributed by atoms with Crippen molar-refractivity contribution in [2.75, 3.05) is 0 Å². The summed E-state index contributed by atoms with van der Waals surface area (Å²) in [6.45, 7) is 6.63. The number of benzene rings is 1. The summed E-state index contributed by atoms with van der Waals surface area (Å²) in [6, 6.07) is 12.0. The van der Waals surface area contributed by atoms with Crippen LogP contribution in [0.1, 0.15) is 41.9 Å². The molecule has 0 aliphatic carbocycles. The number of rotatable bonds is 5. The molecule has 2 rings (SSSR count). The Bertz CT molecular complexity index is 607. The molecule has 1 aromatic carbocycles. The average molecular weight is 350 g/mol. The Morgan fingerprint density at radius 3 is 2.52 bits per heavy atom. The molecule has 2 aromatic rings. The lowest BCUT2D eigenvalue weighted by atomic mass is 10.1. The summed E-state index contributed by atoms with van der Waals surface area (Å²) in [5.74, 6) is 0.356. The number of hydrogen-bond acceptors (Lipinski definition) is 2. The molecular formula is C17H20BrNO2. The maximum Gasteiger partial charge on any atom is 0.290 e. The van der Waals surface area contributed by atoms with E-state index in [4.69, 9.17) is 4.42 Å². The van der Waals surface area contributed by atoms with Crippen molar-refractivity contribution in [2.45, 2.75) is 39.8 Å². The van der Waals surface area contributed by atoms with Crippen LogP contribution in [0, 0.1) is 6.92 Å². The van der Waals surface area contributed by atoms with Gasteiger partial charge in [-0.15, -0.1) is 0 Å². The van der Waals surface area contributed by atoms with Crippen LogP contribution in [-0.4, -0.2) is 16.8 Å². The van der Waals surface area contributed by atoms with Gasteiger partial charge in [0.1, 0.15) is 0 Å². The zero-order valence-corrected chi connectivity index (χ0v) is 14.2. The molecule has 0 aliphatic rings. The van der Waals surface area contributed by atoms with Gasteiger partial charge in [-0.25, -0.2) is 0 Å². The molecule has 0 radical (unpaired) electrons. The van der Waals surface area contributed by atoms with Crippen LogP contribution >= 0.6 is 15.9 Å². The van der Waals surface area contributed by atoms with Crippen molar-refractivity contribution in [3.8, 4) is 0 Å². The van der Waals surface area contributed by atoms with Gasteiger partial charge >= 0.3 is 0 Å². The Balaban J connectivity index is 2.28. The molecule has 112 valence electrons. The second-order valence-corrected chi connectivity index (χ2v) is 6.02. The van der Waals surface area contributed by atoms with Gasteiger partial charge in [-0.2, -0.15) is 0 Å². The number of hydrogen-bond donors (Lipinski definition) is 0. The van der Waals surface area contributed by atoms with Gasteiger partial charge in [0.05, 0.1) is 0 Å². The molecule has 1 amide bonds. The molecule has 0 fully saturated rings. The van der Waals surface area contributed by atoms with Crippen molar-refractivity contribution in [3.05, 3.63) is 58.0 Å². The lowest BCUT2D eigenvalue weighted by Crippen LogP contribution is -2.37. The number of amides is 1. The van der Waals surface area contributed by atoms with E-state index in [1.807, 2.05) is 48.2 Å². The van der Waals surface area contributed by atoms with Crippen molar-refractivity contribution in [2.24, 2.45) is 0 Å². The lowest BCUT2D eigenvalue weighted by molar-refractivity contribution is 0.0636. The van der Waals surface area contributed by atoms with Gasteiger partial charge in [0, 0.05) is 18.2 Å². The fraction of sp³-hybridized carbons (Fsp3) is 0.353. The molecule has 1 unspecified atom stereocenters. The van der Waals surface area contributed by atoms with E-state index in [1.54, 1.807) is 0 Å². The highest BCUT2D eigenvalue weighted by molar-refractivity contribution is 9.10. The number of furan rings is 1. The Hall–Kier alpha value is -1.55. The smallest absolute Gasteiger partial charge is 0.290 e. The van der Waals surface area contributed by atoms with Crippen molar-refractivity contribution in [1.82, 2.24) is 4.90 Å². The van der Waals surface area contributed by atoms with Gasteiger partial charge in [-0.1, -0.05) is 37.3 Å². The SMILES string of the molecule is CCC(C)N(Cc1ccccc1)C(=O)c1oc(Br)cc1C. The van der Waals surface area contributed by atoms with E-state index in [-0.39, 0.29) is 11.9 Å². The molecule has 21 heavy (non-hydrogen) atoms. The summed E-state index contributed by atoms with van der Waals surface area (Å²) >= 11 is 3.28. The highest BCUT2D eigenvalue weighted by Crippen LogP contribution is 2.23. The molecular weight excluding hydrogens is 330 g/mol. The van der Waals surface area contributed by atoms with Crippen molar-refractivity contribution in [1.29, 1.82) is 0 Å². The first-order valence-electron chi connectivity index (χ1n) is 7.13. The van der Waals surface area contributed by atoms with Crippen molar-refractivity contribution < 1.29 is 9.21 Å². The third kappa shape index (κ3) is 3.76. The van der Waals surface area contributed by atoms with Gasteiger partial charge in [0.25, 0.3) is 5.91 Å². The molecule has 1 aromatic heterocycles. The second kappa shape index (κ2) is 6.94. The van der Waals surface area contributed by atoms with Crippen LogP contribution in [0.25, 0.3) is 0 Å². The number of nitrogens with zero attached hydrogens (tertiary/aromatic N) is 1. The van der Waals surface area contributed by atoms with Crippen LogP contribution in [0.4, 0.5) is 0 Å². The summed E-state index contributed by atoms with van der Waals surface area (Å²) in [4.78, 5) is 14.7. The first-order valence-corrected chi connectivity index (χ1v) is 7.93. The normalized spacial score (nSPS) is 12.2. The standard InChI is InChI=1S/C17H20BrNO2/c1-4-13(3)19(11-14-8-6-5-7-9-14)17(20)16-12(2)10-15(18)21-16/h5-10,13H,4,11H2,1-3H3. The summed E-state index contributed by atoms with van der Waals surface area (Å²) in [7, 11) is 0. The van der Waals surface area contributed by atoms with Crippen molar-refractivity contribution >= 4 is 21.8 Å². The summed E-state index contributed by atoms with van der Waals surface area (Å²) < 4.78 is 6.10. The zero-order chi connectivity index (χ0) is 15.4. The van der Waals surface area contributed by atoms with Gasteiger partial charge in [0.15, 0.2) is 10.4 Å². The fourth-order valence-electron chi connectivity index (χ4n) is 2.21. The van der Waals surface area contributed by atoms with E-state index >= 15 is 0 Å². The van der Waals surface area contributed by atoms with Crippen LogP contribution in [0.5, 0.6) is 0 Å². The Morgan fingerprint density at radius 2 is 2.00 bits per heavy atom. The van der Waals surface area contributed by atoms with E-state index in [2.05, 4.69) is 29.8 Å². The Labute approximate surface area is 134 Å². The van der Waals surface area contributed by atoms with Crippen molar-refractivity contribution in [3.63, 3.8) is 0 Å². The number of carbonyl (C=O) groups excluding carboxylic acids is 1. The topological polar surface area (TPSA) is 33.5 Å². The fourth-order valence-corrected chi connectivity index (χ4v) is 2.72. The minimum absolute atomic E-state index is 0.0589. The third-order valence-corrected chi connectivity index (χ3v) is 4.05. The quantitative estimate of drug-likeness (QED) is 0.777. The van der Waals surface area contributed by atoms with E-state index < -0.39 is 0 Å². The minimum atomic E-state index is -0.0589. The molecule has 0 spiro atoms. The van der Waals surface area contributed by atoms with E-state index in [9.17, 15) is 4.79 Å². The predicted octanol–water partition coefficient (Wildman–Crippen LogP) is 4.79. The van der Waals surface area contributed by atoms with Crippen LogP contribution in [0.2, 0.25) is 0 Å². The van der Waals surface area contributed by atoms with E-state index in [1.165, 1.54) is 0 Å². The summed E-state index contributed by atoms with van der Waals surface area (Å²) in [5.41, 5.74) is 1.97. The largest absolute Gasteiger partial charge is 0.444 e. The van der Waals surface area contributed by atoms with Crippen LogP contribution < -0.4 is 0 Å². The van der Waals surface area contributed by atoms with E-state index in [0.717, 1.165) is 17.5 Å². The minimum Gasteiger partial charge on any atom is -0.444 e. The first-order chi connectivity index (χ1) is 10.0. The maximum atomic E-state index is 12.8. The average Bonchev–Trinajstić information content (AvgIpc) is 2.83. The molecule has 0 bridgehead atoms. The lowest BCUT2D eigenvalue weighted by Gasteiger charge is -2.28. The molecule has 1 heterocycles. The summed E-state index contributed by atoms with van der Waals surface area (Å²) in [6.07, 6.45) is 0.902. The number of halogens is 1. The highest BCUT2D eigenvalue weighted by atomic mass is 79.9. The third-order valence-electron chi connectivity index (χ3n) is 3.66. The van der Waals surface area contributed by atoms with Crippen LogP contribution in [0.15, 0.2) is 45.5 Å². The van der Waals surface area contributed by atoms with Gasteiger partial charge in [-0.3, -0.25) is 4.79 Å².